The largest absolute Gasteiger partial charge is 0.508 e. The average Bonchev–Trinajstić information content (AvgIpc) is 2.90. The van der Waals surface area contributed by atoms with Crippen LogP contribution in [0.1, 0.15) is 27.0 Å². The van der Waals surface area contributed by atoms with Gasteiger partial charge in [-0.3, -0.25) is 9.59 Å². The van der Waals surface area contributed by atoms with Crippen LogP contribution in [-0.2, 0) is 11.3 Å². The molecule has 186 valence electrons. The molecule has 0 atom stereocenters. The number of hydrazone groups is 2. The van der Waals surface area contributed by atoms with Crippen molar-refractivity contribution >= 4 is 24.2 Å². The van der Waals surface area contributed by atoms with Crippen molar-refractivity contribution in [2.75, 3.05) is 20.8 Å². The Morgan fingerprint density at radius 1 is 0.861 bits per heavy atom. The molecule has 3 aromatic carbocycles. The molecule has 0 saturated heterocycles. The first-order chi connectivity index (χ1) is 17.5. The van der Waals surface area contributed by atoms with E-state index in [1.54, 1.807) is 32.4 Å². The molecule has 10 nitrogen and oxygen atoms in total. The van der Waals surface area contributed by atoms with Gasteiger partial charge in [0.05, 0.1) is 33.2 Å². The number of nitrogens with zero attached hydrogens (tertiary/aromatic N) is 2. The molecular formula is C26H27N5O5. The predicted octanol–water partition coefficient (Wildman–Crippen LogP) is 2.41. The Morgan fingerprint density at radius 2 is 1.47 bits per heavy atom. The van der Waals surface area contributed by atoms with E-state index in [1.807, 2.05) is 30.3 Å². The van der Waals surface area contributed by atoms with Crippen LogP contribution in [0.4, 0.5) is 0 Å². The smallest absolute Gasteiger partial charge is 0.271 e. The molecule has 36 heavy (non-hydrogen) atoms. The third kappa shape index (κ3) is 7.96. The molecule has 0 unspecified atom stereocenters. The highest BCUT2D eigenvalue weighted by molar-refractivity contribution is 5.95. The molecule has 0 aliphatic carbocycles. The molecule has 0 bridgehead atoms. The van der Waals surface area contributed by atoms with Gasteiger partial charge in [0, 0.05) is 17.7 Å². The van der Waals surface area contributed by atoms with E-state index in [2.05, 4.69) is 26.4 Å². The van der Waals surface area contributed by atoms with Gasteiger partial charge in [-0.1, -0.05) is 24.3 Å². The zero-order valence-corrected chi connectivity index (χ0v) is 19.9. The molecule has 0 aliphatic heterocycles. The first kappa shape index (κ1) is 25.9. The number of carbonyl (C=O) groups is 2. The molecule has 0 spiro atoms. The number of carbonyl (C=O) groups excluding carboxylic acids is 2. The highest BCUT2D eigenvalue weighted by Gasteiger charge is 2.09. The van der Waals surface area contributed by atoms with Crippen LogP contribution in [0.25, 0.3) is 0 Å². The summed E-state index contributed by atoms with van der Waals surface area (Å²) in [5.74, 6) is 0.550. The maximum atomic E-state index is 12.4. The summed E-state index contributed by atoms with van der Waals surface area (Å²) < 4.78 is 10.3. The summed E-state index contributed by atoms with van der Waals surface area (Å²) in [7, 11) is 3.14. The van der Waals surface area contributed by atoms with Crippen molar-refractivity contribution in [1.29, 1.82) is 0 Å². The summed E-state index contributed by atoms with van der Waals surface area (Å²) in [5, 5.41) is 20.9. The van der Waals surface area contributed by atoms with Gasteiger partial charge in [-0.15, -0.1) is 0 Å². The second-order valence-electron chi connectivity index (χ2n) is 7.49. The number of amides is 2. The summed E-state index contributed by atoms with van der Waals surface area (Å²) in [6.45, 7) is 0.114. The summed E-state index contributed by atoms with van der Waals surface area (Å²) >= 11 is 0. The van der Waals surface area contributed by atoms with Crippen LogP contribution >= 0.6 is 0 Å². The maximum Gasteiger partial charge on any atom is 0.271 e. The van der Waals surface area contributed by atoms with E-state index in [-0.39, 0.29) is 24.7 Å². The molecule has 2 amide bonds. The van der Waals surface area contributed by atoms with Gasteiger partial charge in [-0.2, -0.15) is 10.2 Å². The number of phenols is 1. The Bertz CT molecular complexity index is 1260. The van der Waals surface area contributed by atoms with Crippen LogP contribution < -0.4 is 25.6 Å². The molecule has 0 radical (unpaired) electrons. The van der Waals surface area contributed by atoms with Crippen molar-refractivity contribution in [2.45, 2.75) is 6.54 Å². The van der Waals surface area contributed by atoms with Crippen LogP contribution in [0, 0.1) is 0 Å². The maximum absolute atomic E-state index is 12.4. The van der Waals surface area contributed by atoms with E-state index in [1.165, 1.54) is 30.6 Å². The number of benzene rings is 3. The third-order valence-corrected chi connectivity index (χ3v) is 4.91. The standard InChI is InChI=1S/C26H27N5O5/c1-35-22-7-3-5-18(11-22)14-28-30-25(33)17-27-16-21-13-20(9-10-24(21)32)26(34)31-29-15-19-6-4-8-23(12-19)36-2/h3-15,27,32H,16-17H2,1-2H3,(H,30,33)(H,31,34)/b28-14+,29-15+. The van der Waals surface area contributed by atoms with E-state index in [0.717, 1.165) is 11.1 Å². The highest BCUT2D eigenvalue weighted by atomic mass is 16.5. The minimum atomic E-state index is -0.444. The Morgan fingerprint density at radius 3 is 2.08 bits per heavy atom. The van der Waals surface area contributed by atoms with E-state index < -0.39 is 5.91 Å². The lowest BCUT2D eigenvalue weighted by atomic mass is 10.1. The number of aromatic hydroxyl groups is 1. The van der Waals surface area contributed by atoms with Gasteiger partial charge in [0.1, 0.15) is 17.2 Å². The minimum Gasteiger partial charge on any atom is -0.508 e. The van der Waals surface area contributed by atoms with Crippen molar-refractivity contribution in [3.63, 3.8) is 0 Å². The lowest BCUT2D eigenvalue weighted by Gasteiger charge is -2.08. The molecule has 0 heterocycles. The number of methoxy groups -OCH3 is 2. The number of hydrogen-bond donors (Lipinski definition) is 4. The molecule has 0 fully saturated rings. The predicted molar refractivity (Wildman–Crippen MR) is 137 cm³/mol. The Labute approximate surface area is 208 Å². The van der Waals surface area contributed by atoms with Gasteiger partial charge < -0.3 is 19.9 Å². The fourth-order valence-corrected chi connectivity index (χ4v) is 3.07. The minimum absolute atomic E-state index is 0.00427. The zero-order chi connectivity index (χ0) is 25.8. The van der Waals surface area contributed by atoms with Gasteiger partial charge in [-0.25, -0.2) is 10.9 Å². The van der Waals surface area contributed by atoms with Crippen molar-refractivity contribution in [3.8, 4) is 17.2 Å². The van der Waals surface area contributed by atoms with E-state index in [4.69, 9.17) is 9.47 Å². The van der Waals surface area contributed by atoms with Crippen LogP contribution in [0.15, 0.2) is 76.9 Å². The fraction of sp³-hybridized carbons (Fsp3) is 0.154. The second kappa shape index (κ2) is 13.3. The Kier molecular flexibility index (Phi) is 9.54. The monoisotopic (exact) mass is 489 g/mol. The highest BCUT2D eigenvalue weighted by Crippen LogP contribution is 2.18. The fourth-order valence-electron chi connectivity index (χ4n) is 3.07. The first-order valence-corrected chi connectivity index (χ1v) is 10.9. The normalized spacial score (nSPS) is 10.9. The van der Waals surface area contributed by atoms with Crippen molar-refractivity contribution < 1.29 is 24.2 Å². The molecule has 0 aliphatic rings. The zero-order valence-electron chi connectivity index (χ0n) is 19.9. The van der Waals surface area contributed by atoms with Gasteiger partial charge in [0.15, 0.2) is 0 Å². The Hall–Kier alpha value is -4.70. The van der Waals surface area contributed by atoms with E-state index >= 15 is 0 Å². The van der Waals surface area contributed by atoms with Crippen molar-refractivity contribution in [2.24, 2.45) is 10.2 Å². The number of nitrogens with one attached hydrogen (secondary N) is 3. The van der Waals surface area contributed by atoms with Crippen LogP contribution in [-0.4, -0.2) is 50.1 Å². The summed E-state index contributed by atoms with van der Waals surface area (Å²) in [4.78, 5) is 24.5. The first-order valence-electron chi connectivity index (χ1n) is 10.9. The summed E-state index contributed by atoms with van der Waals surface area (Å²) in [6, 6.07) is 18.9. The van der Waals surface area contributed by atoms with E-state index in [0.29, 0.717) is 22.6 Å². The molecular weight excluding hydrogens is 462 g/mol. The van der Waals surface area contributed by atoms with E-state index in [9.17, 15) is 14.7 Å². The molecule has 0 saturated carbocycles. The van der Waals surface area contributed by atoms with Crippen LogP contribution in [0.3, 0.4) is 0 Å². The SMILES string of the molecule is COc1cccc(/C=N/NC(=O)CNCc2cc(C(=O)N/N=C/c3cccc(OC)c3)ccc2O)c1. The molecule has 3 aromatic rings. The number of ether oxygens (including phenoxy) is 2. The Balaban J connectivity index is 1.48. The average molecular weight is 490 g/mol. The molecule has 0 aromatic heterocycles. The quantitative estimate of drug-likeness (QED) is 0.241. The van der Waals surface area contributed by atoms with Crippen molar-refractivity contribution in [3.05, 3.63) is 89.0 Å². The van der Waals surface area contributed by atoms with Gasteiger partial charge in [-0.05, 0) is 53.6 Å². The van der Waals surface area contributed by atoms with Crippen LogP contribution in [0.2, 0.25) is 0 Å². The third-order valence-electron chi connectivity index (χ3n) is 4.91. The number of hydrogen-bond acceptors (Lipinski definition) is 8. The van der Waals surface area contributed by atoms with Gasteiger partial charge in [0.2, 0.25) is 0 Å². The van der Waals surface area contributed by atoms with Gasteiger partial charge in [0.25, 0.3) is 11.8 Å². The van der Waals surface area contributed by atoms with Crippen LogP contribution in [0.5, 0.6) is 17.2 Å². The molecule has 4 N–H and O–H groups in total. The number of rotatable bonds is 11. The molecule has 10 heteroatoms. The number of phenolic OH excluding ortho intramolecular Hbond substituents is 1. The van der Waals surface area contributed by atoms with Crippen molar-refractivity contribution in [1.82, 2.24) is 16.2 Å². The molecule has 3 rings (SSSR count). The lowest BCUT2D eigenvalue weighted by molar-refractivity contribution is -0.120. The lowest BCUT2D eigenvalue weighted by Crippen LogP contribution is -2.30. The van der Waals surface area contributed by atoms with Gasteiger partial charge >= 0.3 is 0 Å². The topological polar surface area (TPSA) is 134 Å². The summed E-state index contributed by atoms with van der Waals surface area (Å²) in [6.07, 6.45) is 3.00. The summed E-state index contributed by atoms with van der Waals surface area (Å²) in [5.41, 5.74) is 7.16. The second-order valence-corrected chi connectivity index (χ2v) is 7.49.